The fraction of sp³-hybridized carbons (Fsp3) is 0.353. The van der Waals surface area contributed by atoms with E-state index in [0.717, 1.165) is 24.1 Å². The molecule has 2 unspecified atom stereocenters. The Hall–Kier alpha value is -2.63. The molecule has 6 heteroatoms. The molecule has 0 saturated carbocycles. The fourth-order valence-corrected chi connectivity index (χ4v) is 3.23. The highest BCUT2D eigenvalue weighted by molar-refractivity contribution is 6.03. The Morgan fingerprint density at radius 3 is 3.09 bits per heavy atom. The summed E-state index contributed by atoms with van der Waals surface area (Å²) in [5.41, 5.74) is 4.20. The van der Waals surface area contributed by atoms with Crippen LogP contribution in [-0.4, -0.2) is 27.5 Å². The quantitative estimate of drug-likeness (QED) is 0.938. The van der Waals surface area contributed by atoms with Crippen LogP contribution in [0.2, 0.25) is 0 Å². The van der Waals surface area contributed by atoms with Gasteiger partial charge in [0.15, 0.2) is 0 Å². The van der Waals surface area contributed by atoms with Gasteiger partial charge in [-0.1, -0.05) is 29.4 Å². The minimum Gasteiger partial charge on any atom is -0.382 e. The molecule has 0 radical (unpaired) electrons. The van der Waals surface area contributed by atoms with Gasteiger partial charge in [-0.15, -0.1) is 0 Å². The Kier molecular flexibility index (Phi) is 3.37. The summed E-state index contributed by atoms with van der Waals surface area (Å²) in [6.07, 6.45) is 5.47. The summed E-state index contributed by atoms with van der Waals surface area (Å²) < 4.78 is 1.71. The second-order valence-corrected chi connectivity index (χ2v) is 6.04. The molecular formula is C17H18N4O2. The number of benzene rings is 1. The first kappa shape index (κ1) is 14.0. The highest BCUT2D eigenvalue weighted by Crippen LogP contribution is 2.31. The Morgan fingerprint density at radius 2 is 2.26 bits per heavy atom. The Morgan fingerprint density at radius 1 is 1.39 bits per heavy atom. The highest BCUT2D eigenvalue weighted by Gasteiger charge is 2.32. The van der Waals surface area contributed by atoms with E-state index in [2.05, 4.69) is 27.7 Å². The number of aryl methyl sites for hydroxylation is 2. The van der Waals surface area contributed by atoms with E-state index < -0.39 is 6.10 Å². The van der Waals surface area contributed by atoms with Crippen molar-refractivity contribution in [2.45, 2.75) is 31.4 Å². The summed E-state index contributed by atoms with van der Waals surface area (Å²) in [4.78, 5) is 17.8. The normalized spacial score (nSPS) is 22.4. The van der Waals surface area contributed by atoms with E-state index in [4.69, 9.17) is 4.84 Å². The lowest BCUT2D eigenvalue weighted by atomic mass is 10.1. The molecule has 0 saturated heterocycles. The van der Waals surface area contributed by atoms with Crippen molar-refractivity contribution in [1.82, 2.24) is 15.1 Å². The second kappa shape index (κ2) is 5.53. The number of aromatic nitrogens is 2. The van der Waals surface area contributed by atoms with Crippen molar-refractivity contribution in [3.63, 3.8) is 0 Å². The minimum absolute atomic E-state index is 0.0738. The summed E-state index contributed by atoms with van der Waals surface area (Å²) in [7, 11) is 1.85. The van der Waals surface area contributed by atoms with Gasteiger partial charge in [0, 0.05) is 25.2 Å². The number of carbonyl (C=O) groups is 1. The third-order valence-corrected chi connectivity index (χ3v) is 4.45. The number of nitrogens with one attached hydrogen (secondary N) is 1. The summed E-state index contributed by atoms with van der Waals surface area (Å²) in [6.45, 7) is 0. The molecule has 1 aliphatic heterocycles. The molecule has 1 aliphatic carbocycles. The van der Waals surface area contributed by atoms with Gasteiger partial charge in [0.25, 0.3) is 5.91 Å². The first-order valence-electron chi connectivity index (χ1n) is 7.80. The molecule has 4 rings (SSSR count). The van der Waals surface area contributed by atoms with E-state index in [1.807, 2.05) is 25.4 Å². The van der Waals surface area contributed by atoms with E-state index in [1.165, 1.54) is 11.1 Å². The maximum absolute atomic E-state index is 12.5. The highest BCUT2D eigenvalue weighted by atomic mass is 16.6. The molecule has 1 amide bonds. The average molecular weight is 310 g/mol. The van der Waals surface area contributed by atoms with Crippen LogP contribution >= 0.6 is 0 Å². The SMILES string of the molecule is Cn1cc(C2=NOC(C(=O)NC3CCc4ccccc43)C2)cn1. The third-order valence-electron chi connectivity index (χ3n) is 4.45. The van der Waals surface area contributed by atoms with Gasteiger partial charge in [-0.2, -0.15) is 5.10 Å². The lowest BCUT2D eigenvalue weighted by Gasteiger charge is -2.16. The van der Waals surface area contributed by atoms with E-state index in [9.17, 15) is 4.79 Å². The monoisotopic (exact) mass is 310 g/mol. The van der Waals surface area contributed by atoms with Gasteiger partial charge in [0.05, 0.1) is 18.0 Å². The van der Waals surface area contributed by atoms with Crippen molar-refractivity contribution in [3.05, 3.63) is 53.3 Å². The molecule has 6 nitrogen and oxygen atoms in total. The van der Waals surface area contributed by atoms with Crippen molar-refractivity contribution in [1.29, 1.82) is 0 Å². The number of hydrogen-bond acceptors (Lipinski definition) is 4. The first-order valence-corrected chi connectivity index (χ1v) is 7.80. The van der Waals surface area contributed by atoms with Crippen molar-refractivity contribution in [2.75, 3.05) is 0 Å². The summed E-state index contributed by atoms with van der Waals surface area (Å²) >= 11 is 0. The Bertz CT molecular complexity index is 780. The van der Waals surface area contributed by atoms with Crippen molar-refractivity contribution < 1.29 is 9.63 Å². The molecule has 0 spiro atoms. The average Bonchev–Trinajstić information content (AvgIpc) is 3.27. The van der Waals surface area contributed by atoms with E-state index in [-0.39, 0.29) is 11.9 Å². The van der Waals surface area contributed by atoms with Gasteiger partial charge in [-0.3, -0.25) is 9.48 Å². The largest absolute Gasteiger partial charge is 0.382 e. The predicted octanol–water partition coefficient (Wildman–Crippen LogP) is 1.72. The van der Waals surface area contributed by atoms with E-state index >= 15 is 0 Å². The zero-order valence-electron chi connectivity index (χ0n) is 12.9. The zero-order chi connectivity index (χ0) is 15.8. The number of oxime groups is 1. The smallest absolute Gasteiger partial charge is 0.264 e. The molecule has 2 aromatic rings. The van der Waals surface area contributed by atoms with Crippen LogP contribution in [0, 0.1) is 0 Å². The topological polar surface area (TPSA) is 68.5 Å². The zero-order valence-corrected chi connectivity index (χ0v) is 12.9. The van der Waals surface area contributed by atoms with E-state index in [0.29, 0.717) is 6.42 Å². The molecular weight excluding hydrogens is 292 g/mol. The Labute approximate surface area is 134 Å². The van der Waals surface area contributed by atoms with Gasteiger partial charge in [-0.25, -0.2) is 0 Å². The number of nitrogens with zero attached hydrogens (tertiary/aromatic N) is 3. The van der Waals surface area contributed by atoms with Gasteiger partial charge >= 0.3 is 0 Å². The molecule has 2 heterocycles. The van der Waals surface area contributed by atoms with Crippen LogP contribution < -0.4 is 5.32 Å². The molecule has 23 heavy (non-hydrogen) atoms. The second-order valence-electron chi connectivity index (χ2n) is 6.04. The van der Waals surface area contributed by atoms with Crippen molar-refractivity contribution in [2.24, 2.45) is 12.2 Å². The maximum Gasteiger partial charge on any atom is 0.264 e. The molecule has 1 N–H and O–H groups in total. The number of rotatable bonds is 3. The van der Waals surface area contributed by atoms with Gasteiger partial charge in [-0.05, 0) is 24.0 Å². The van der Waals surface area contributed by atoms with Crippen LogP contribution in [0.3, 0.4) is 0 Å². The maximum atomic E-state index is 12.5. The number of hydrogen-bond donors (Lipinski definition) is 1. The Balaban J connectivity index is 1.40. The van der Waals surface area contributed by atoms with Gasteiger partial charge in [0.1, 0.15) is 0 Å². The first-order chi connectivity index (χ1) is 11.2. The number of amides is 1. The van der Waals surface area contributed by atoms with Crippen LogP contribution in [0.1, 0.15) is 35.6 Å². The molecule has 0 bridgehead atoms. The minimum atomic E-state index is -0.557. The molecule has 1 aromatic heterocycles. The van der Waals surface area contributed by atoms with Crippen LogP contribution in [0.5, 0.6) is 0 Å². The van der Waals surface area contributed by atoms with Crippen molar-refractivity contribution in [3.8, 4) is 0 Å². The lowest BCUT2D eigenvalue weighted by molar-refractivity contribution is -0.131. The molecule has 0 fully saturated rings. The molecule has 2 aliphatic rings. The van der Waals surface area contributed by atoms with Crippen LogP contribution in [0.25, 0.3) is 0 Å². The molecule has 1 aromatic carbocycles. The van der Waals surface area contributed by atoms with Crippen LogP contribution in [0.4, 0.5) is 0 Å². The van der Waals surface area contributed by atoms with Gasteiger partial charge < -0.3 is 10.2 Å². The molecule has 118 valence electrons. The summed E-state index contributed by atoms with van der Waals surface area (Å²) in [6, 6.07) is 8.33. The van der Waals surface area contributed by atoms with Crippen LogP contribution in [-0.2, 0) is 23.1 Å². The fourth-order valence-electron chi connectivity index (χ4n) is 3.23. The van der Waals surface area contributed by atoms with Crippen molar-refractivity contribution >= 4 is 11.6 Å². The molecule has 2 atom stereocenters. The number of carbonyl (C=O) groups excluding carboxylic acids is 1. The predicted molar refractivity (Wildman–Crippen MR) is 84.9 cm³/mol. The van der Waals surface area contributed by atoms with Gasteiger partial charge in [0.2, 0.25) is 6.10 Å². The van der Waals surface area contributed by atoms with Crippen LogP contribution in [0.15, 0.2) is 41.8 Å². The lowest BCUT2D eigenvalue weighted by Crippen LogP contribution is -2.36. The summed E-state index contributed by atoms with van der Waals surface area (Å²) in [5.74, 6) is -0.102. The standard InChI is InChI=1S/C17H18N4O2/c1-21-10-12(9-18-21)15-8-16(23-20-15)17(22)19-14-7-6-11-4-2-3-5-13(11)14/h2-5,9-10,14,16H,6-8H2,1H3,(H,19,22). The van der Waals surface area contributed by atoms with E-state index in [1.54, 1.807) is 10.9 Å². The summed E-state index contributed by atoms with van der Waals surface area (Å²) in [5, 5.41) is 11.3. The number of fused-ring (bicyclic) bond motifs is 1. The third kappa shape index (κ3) is 2.60.